The molecule has 3 rings (SSSR count). The van der Waals surface area contributed by atoms with Gasteiger partial charge in [-0.25, -0.2) is 0 Å². The van der Waals surface area contributed by atoms with Gasteiger partial charge in [0.05, 0.1) is 0 Å². The third kappa shape index (κ3) is 2.50. The Bertz CT molecular complexity index is 740. The number of hydrogen-bond donors (Lipinski definition) is 2. The van der Waals surface area contributed by atoms with Crippen LogP contribution in [-0.2, 0) is 4.79 Å². The summed E-state index contributed by atoms with van der Waals surface area (Å²) in [6.07, 6.45) is 0.637. The molecular weight excluding hydrogens is 278 g/mol. The van der Waals surface area contributed by atoms with Gasteiger partial charge in [0.2, 0.25) is 5.91 Å². The van der Waals surface area contributed by atoms with Crippen molar-refractivity contribution in [2.45, 2.75) is 12.5 Å². The molecule has 5 heteroatoms. The molecule has 2 aromatic carbocycles. The summed E-state index contributed by atoms with van der Waals surface area (Å²) in [5.41, 5.74) is 1.66. The van der Waals surface area contributed by atoms with Crippen molar-refractivity contribution in [2.24, 2.45) is 0 Å². The zero-order valence-corrected chi connectivity index (χ0v) is 12.7. The lowest BCUT2D eigenvalue weighted by molar-refractivity contribution is -0.120. The Balaban J connectivity index is 1.99. The fourth-order valence-electron chi connectivity index (χ4n) is 2.84. The van der Waals surface area contributed by atoms with Crippen LogP contribution < -0.4 is 15.5 Å². The van der Waals surface area contributed by atoms with Crippen molar-refractivity contribution in [1.82, 2.24) is 10.6 Å². The number of rotatable bonds is 3. The van der Waals surface area contributed by atoms with Crippen molar-refractivity contribution in [3.63, 3.8) is 0 Å². The lowest BCUT2D eigenvalue weighted by Crippen LogP contribution is -2.40. The van der Waals surface area contributed by atoms with Crippen LogP contribution in [0.5, 0.6) is 0 Å². The van der Waals surface area contributed by atoms with Crippen LogP contribution in [0.2, 0.25) is 0 Å². The van der Waals surface area contributed by atoms with Crippen molar-refractivity contribution in [2.75, 3.05) is 25.5 Å². The van der Waals surface area contributed by atoms with Gasteiger partial charge in [0, 0.05) is 37.3 Å². The second kappa shape index (κ2) is 5.67. The van der Waals surface area contributed by atoms with Crippen molar-refractivity contribution in [1.29, 1.82) is 0 Å². The number of nitrogens with one attached hydrogen (secondary N) is 2. The first-order valence-electron chi connectivity index (χ1n) is 7.35. The average Bonchev–Trinajstić information content (AvgIpc) is 2.91. The van der Waals surface area contributed by atoms with Gasteiger partial charge in [-0.05, 0) is 23.9 Å². The number of hydrogen-bond acceptors (Lipinski definition) is 3. The SMILES string of the molecule is CN(C)c1ccc(C(=O)NC2CCNC2=O)c2ccccc12. The third-order valence-electron chi connectivity index (χ3n) is 3.98. The Morgan fingerprint density at radius 3 is 2.55 bits per heavy atom. The Labute approximate surface area is 129 Å². The summed E-state index contributed by atoms with van der Waals surface area (Å²) < 4.78 is 0. The highest BCUT2D eigenvalue weighted by molar-refractivity contribution is 6.11. The summed E-state index contributed by atoms with van der Waals surface area (Å²) in [5, 5.41) is 7.47. The fourth-order valence-corrected chi connectivity index (χ4v) is 2.84. The number of anilines is 1. The first-order chi connectivity index (χ1) is 10.6. The highest BCUT2D eigenvalue weighted by Crippen LogP contribution is 2.28. The average molecular weight is 297 g/mol. The maximum absolute atomic E-state index is 12.5. The topological polar surface area (TPSA) is 61.4 Å². The Kier molecular flexibility index (Phi) is 3.71. The van der Waals surface area contributed by atoms with E-state index in [-0.39, 0.29) is 11.8 Å². The molecule has 2 amide bonds. The van der Waals surface area contributed by atoms with Crippen LogP contribution in [0.1, 0.15) is 16.8 Å². The summed E-state index contributed by atoms with van der Waals surface area (Å²) in [6.45, 7) is 0.615. The summed E-state index contributed by atoms with van der Waals surface area (Å²) in [6, 6.07) is 11.1. The molecule has 0 bridgehead atoms. The molecule has 0 aromatic heterocycles. The largest absolute Gasteiger partial charge is 0.377 e. The van der Waals surface area contributed by atoms with Gasteiger partial charge in [-0.3, -0.25) is 9.59 Å². The first-order valence-corrected chi connectivity index (χ1v) is 7.35. The zero-order chi connectivity index (χ0) is 15.7. The number of benzene rings is 2. The summed E-state index contributed by atoms with van der Waals surface area (Å²) in [7, 11) is 3.95. The predicted octanol–water partition coefficient (Wildman–Crippen LogP) is 1.52. The number of nitrogens with zero attached hydrogens (tertiary/aromatic N) is 1. The van der Waals surface area contributed by atoms with Crippen LogP contribution >= 0.6 is 0 Å². The van der Waals surface area contributed by atoms with Gasteiger partial charge in [-0.2, -0.15) is 0 Å². The second-order valence-electron chi connectivity index (χ2n) is 5.68. The van der Waals surface area contributed by atoms with E-state index < -0.39 is 6.04 Å². The van der Waals surface area contributed by atoms with Gasteiger partial charge in [-0.15, -0.1) is 0 Å². The van der Waals surface area contributed by atoms with Gasteiger partial charge in [0.15, 0.2) is 0 Å². The van der Waals surface area contributed by atoms with Gasteiger partial charge in [0.25, 0.3) is 5.91 Å². The summed E-state index contributed by atoms with van der Waals surface area (Å²) >= 11 is 0. The molecule has 0 aliphatic carbocycles. The van der Waals surface area contributed by atoms with Gasteiger partial charge < -0.3 is 15.5 Å². The van der Waals surface area contributed by atoms with Gasteiger partial charge in [0.1, 0.15) is 6.04 Å². The molecule has 5 nitrogen and oxygen atoms in total. The number of amides is 2. The molecule has 1 aliphatic rings. The molecule has 1 fully saturated rings. The van der Waals surface area contributed by atoms with Crippen LogP contribution in [0, 0.1) is 0 Å². The van der Waals surface area contributed by atoms with E-state index in [1.807, 2.05) is 55.4 Å². The number of fused-ring (bicyclic) bond motifs is 1. The van der Waals surface area contributed by atoms with Crippen LogP contribution in [0.3, 0.4) is 0 Å². The minimum Gasteiger partial charge on any atom is -0.377 e. The van der Waals surface area contributed by atoms with E-state index in [1.165, 1.54) is 0 Å². The van der Waals surface area contributed by atoms with Crippen LogP contribution in [-0.4, -0.2) is 38.5 Å². The third-order valence-corrected chi connectivity index (χ3v) is 3.98. The molecule has 1 atom stereocenters. The van der Waals surface area contributed by atoms with E-state index >= 15 is 0 Å². The molecule has 0 spiro atoms. The van der Waals surface area contributed by atoms with Crippen molar-refractivity contribution >= 4 is 28.3 Å². The molecule has 0 saturated carbocycles. The Morgan fingerprint density at radius 1 is 1.18 bits per heavy atom. The highest BCUT2D eigenvalue weighted by atomic mass is 16.2. The number of carbonyl (C=O) groups excluding carboxylic acids is 2. The predicted molar refractivity (Wildman–Crippen MR) is 87.2 cm³/mol. The number of carbonyl (C=O) groups is 2. The molecule has 1 heterocycles. The lowest BCUT2D eigenvalue weighted by atomic mass is 10.0. The molecule has 2 aromatic rings. The Morgan fingerprint density at radius 2 is 1.91 bits per heavy atom. The fraction of sp³-hybridized carbons (Fsp3) is 0.294. The summed E-state index contributed by atoms with van der Waals surface area (Å²) in [5.74, 6) is -0.314. The van der Waals surface area contributed by atoms with E-state index in [0.29, 0.717) is 18.5 Å². The minimum absolute atomic E-state index is 0.109. The highest BCUT2D eigenvalue weighted by Gasteiger charge is 2.26. The van der Waals surface area contributed by atoms with Gasteiger partial charge >= 0.3 is 0 Å². The minimum atomic E-state index is -0.431. The maximum atomic E-state index is 12.5. The standard InChI is InChI=1S/C17H19N3O2/c1-20(2)15-8-7-13(11-5-3-4-6-12(11)15)16(21)19-14-9-10-18-17(14)22/h3-8,14H,9-10H2,1-2H3,(H,18,22)(H,19,21). The molecule has 114 valence electrons. The van der Waals surface area contributed by atoms with E-state index in [1.54, 1.807) is 0 Å². The zero-order valence-electron chi connectivity index (χ0n) is 12.7. The van der Waals surface area contributed by atoms with Crippen LogP contribution in [0.4, 0.5) is 5.69 Å². The second-order valence-corrected chi connectivity index (χ2v) is 5.68. The van der Waals surface area contributed by atoms with E-state index in [9.17, 15) is 9.59 Å². The molecule has 1 unspecified atom stereocenters. The summed E-state index contributed by atoms with van der Waals surface area (Å²) in [4.78, 5) is 26.2. The monoisotopic (exact) mass is 297 g/mol. The van der Waals surface area contributed by atoms with Gasteiger partial charge in [-0.1, -0.05) is 24.3 Å². The molecule has 22 heavy (non-hydrogen) atoms. The first kappa shape index (κ1) is 14.4. The maximum Gasteiger partial charge on any atom is 0.252 e. The lowest BCUT2D eigenvalue weighted by Gasteiger charge is -2.18. The van der Waals surface area contributed by atoms with Crippen LogP contribution in [0.15, 0.2) is 36.4 Å². The molecule has 2 N–H and O–H groups in total. The normalized spacial score (nSPS) is 17.4. The van der Waals surface area contributed by atoms with E-state index in [0.717, 1.165) is 16.5 Å². The van der Waals surface area contributed by atoms with Crippen LogP contribution in [0.25, 0.3) is 10.8 Å². The van der Waals surface area contributed by atoms with Crippen molar-refractivity contribution in [3.8, 4) is 0 Å². The molecule has 0 radical (unpaired) electrons. The van der Waals surface area contributed by atoms with Crippen molar-refractivity contribution in [3.05, 3.63) is 42.0 Å². The molecular formula is C17H19N3O2. The smallest absolute Gasteiger partial charge is 0.252 e. The van der Waals surface area contributed by atoms with E-state index in [4.69, 9.17) is 0 Å². The van der Waals surface area contributed by atoms with Crippen molar-refractivity contribution < 1.29 is 9.59 Å². The molecule has 1 saturated heterocycles. The molecule has 1 aliphatic heterocycles. The Hall–Kier alpha value is -2.56. The van der Waals surface area contributed by atoms with E-state index in [2.05, 4.69) is 10.6 Å². The quantitative estimate of drug-likeness (QED) is 0.903.